The van der Waals surface area contributed by atoms with Gasteiger partial charge in [-0.15, -0.1) is 0 Å². The number of amides is 1. The van der Waals surface area contributed by atoms with E-state index in [-0.39, 0.29) is 6.54 Å². The van der Waals surface area contributed by atoms with Crippen molar-refractivity contribution in [3.8, 4) is 0 Å². The Hall–Kier alpha value is -1.41. The molecule has 1 aliphatic rings. The molecular formula is C14H14Cl2N4O2S. The molecule has 1 amide bonds. The lowest BCUT2D eigenvalue weighted by Gasteiger charge is -2.12. The van der Waals surface area contributed by atoms with Crippen molar-refractivity contribution < 1.29 is 9.90 Å². The summed E-state index contributed by atoms with van der Waals surface area (Å²) >= 11 is 16.9. The van der Waals surface area contributed by atoms with Crippen LogP contribution in [0.15, 0.2) is 18.2 Å². The molecule has 1 aromatic heterocycles. The van der Waals surface area contributed by atoms with Gasteiger partial charge in [0.15, 0.2) is 16.7 Å². The first kappa shape index (κ1) is 16.4. The van der Waals surface area contributed by atoms with Gasteiger partial charge in [0, 0.05) is 16.1 Å². The number of hydrogen-bond donors (Lipinski definition) is 3. The van der Waals surface area contributed by atoms with E-state index >= 15 is 0 Å². The van der Waals surface area contributed by atoms with Gasteiger partial charge in [-0.1, -0.05) is 23.2 Å². The predicted molar refractivity (Wildman–Crippen MR) is 89.0 cm³/mol. The van der Waals surface area contributed by atoms with E-state index in [1.165, 1.54) is 18.2 Å². The SMILES string of the molecule is O=C(NCc1n[nH]c(=S)n1C1CC1)[C@H](O)c1cc(Cl)cc(Cl)c1. The maximum Gasteiger partial charge on any atom is 0.253 e. The molecule has 0 saturated heterocycles. The largest absolute Gasteiger partial charge is 0.378 e. The number of H-pyrrole nitrogens is 1. The summed E-state index contributed by atoms with van der Waals surface area (Å²) in [6.45, 7) is 0.174. The third-order valence-corrected chi connectivity index (χ3v) is 4.28. The summed E-state index contributed by atoms with van der Waals surface area (Å²) in [5.74, 6) is 0.0850. The topological polar surface area (TPSA) is 82.9 Å². The number of nitrogens with zero attached hydrogens (tertiary/aromatic N) is 2. The van der Waals surface area contributed by atoms with Gasteiger partial charge < -0.3 is 10.4 Å². The maximum atomic E-state index is 12.1. The third-order valence-electron chi connectivity index (χ3n) is 3.56. The van der Waals surface area contributed by atoms with Gasteiger partial charge in [-0.05, 0) is 48.8 Å². The van der Waals surface area contributed by atoms with Gasteiger partial charge in [0.25, 0.3) is 5.91 Å². The lowest BCUT2D eigenvalue weighted by atomic mass is 10.1. The molecule has 6 nitrogen and oxygen atoms in total. The van der Waals surface area contributed by atoms with Crippen LogP contribution >= 0.6 is 35.4 Å². The smallest absolute Gasteiger partial charge is 0.253 e. The number of aromatic nitrogens is 3. The van der Waals surface area contributed by atoms with Gasteiger partial charge in [-0.2, -0.15) is 5.10 Å². The molecule has 0 unspecified atom stereocenters. The number of halogens is 2. The van der Waals surface area contributed by atoms with Gasteiger partial charge in [0.1, 0.15) is 0 Å². The lowest BCUT2D eigenvalue weighted by molar-refractivity contribution is -0.129. The Morgan fingerprint density at radius 1 is 1.43 bits per heavy atom. The molecule has 3 rings (SSSR count). The Kier molecular flexibility index (Phi) is 4.72. The molecule has 1 aliphatic carbocycles. The van der Waals surface area contributed by atoms with E-state index in [9.17, 15) is 9.90 Å². The summed E-state index contributed by atoms with van der Waals surface area (Å²) in [5.41, 5.74) is 0.334. The zero-order chi connectivity index (χ0) is 16.6. The highest BCUT2D eigenvalue weighted by Crippen LogP contribution is 2.35. The van der Waals surface area contributed by atoms with Crippen molar-refractivity contribution in [2.24, 2.45) is 0 Å². The highest BCUT2D eigenvalue weighted by Gasteiger charge is 2.27. The molecule has 0 radical (unpaired) electrons. The summed E-state index contributed by atoms with van der Waals surface area (Å²) in [6.07, 6.45) is 0.749. The Balaban J connectivity index is 1.68. The molecule has 122 valence electrons. The number of rotatable bonds is 5. The van der Waals surface area contributed by atoms with E-state index in [0.717, 1.165) is 12.8 Å². The number of aliphatic hydroxyl groups excluding tert-OH is 1. The molecule has 1 heterocycles. The van der Waals surface area contributed by atoms with E-state index in [4.69, 9.17) is 35.4 Å². The van der Waals surface area contributed by atoms with Crippen LogP contribution in [0.2, 0.25) is 10.0 Å². The first-order valence-corrected chi connectivity index (χ1v) is 8.19. The molecule has 0 spiro atoms. The van der Waals surface area contributed by atoms with E-state index in [2.05, 4.69) is 15.5 Å². The molecule has 3 N–H and O–H groups in total. The fourth-order valence-corrected chi connectivity index (χ4v) is 3.16. The molecule has 0 aliphatic heterocycles. The van der Waals surface area contributed by atoms with Crippen LogP contribution in [0, 0.1) is 4.77 Å². The number of nitrogens with one attached hydrogen (secondary N) is 2. The summed E-state index contributed by atoms with van der Waals surface area (Å²) in [5, 5.41) is 20.3. The normalized spacial score (nSPS) is 15.4. The molecular weight excluding hydrogens is 359 g/mol. The van der Waals surface area contributed by atoms with E-state index in [0.29, 0.717) is 32.2 Å². The minimum absolute atomic E-state index is 0.174. The van der Waals surface area contributed by atoms with Crippen molar-refractivity contribution in [2.75, 3.05) is 0 Å². The van der Waals surface area contributed by atoms with Crippen LogP contribution in [0.3, 0.4) is 0 Å². The number of aromatic amines is 1. The molecule has 1 fully saturated rings. The van der Waals surface area contributed by atoms with Crippen LogP contribution < -0.4 is 5.32 Å². The minimum Gasteiger partial charge on any atom is -0.378 e. The average molecular weight is 373 g/mol. The van der Waals surface area contributed by atoms with Crippen molar-refractivity contribution in [2.45, 2.75) is 31.5 Å². The molecule has 1 aromatic carbocycles. The summed E-state index contributed by atoms with van der Waals surface area (Å²) < 4.78 is 2.44. The zero-order valence-corrected chi connectivity index (χ0v) is 14.3. The van der Waals surface area contributed by atoms with E-state index in [1.807, 2.05) is 4.57 Å². The van der Waals surface area contributed by atoms with Crippen molar-refractivity contribution in [1.82, 2.24) is 20.1 Å². The number of hydrogen-bond acceptors (Lipinski definition) is 4. The zero-order valence-electron chi connectivity index (χ0n) is 11.9. The summed E-state index contributed by atoms with van der Waals surface area (Å²) in [6, 6.07) is 4.88. The predicted octanol–water partition coefficient (Wildman–Crippen LogP) is 2.93. The fourth-order valence-electron chi connectivity index (χ4n) is 2.32. The van der Waals surface area contributed by atoms with Crippen molar-refractivity contribution in [1.29, 1.82) is 0 Å². The Bertz CT molecular complexity index is 780. The van der Waals surface area contributed by atoms with Gasteiger partial charge in [0.05, 0.1) is 6.54 Å². The number of carbonyl (C=O) groups is 1. The Morgan fingerprint density at radius 3 is 2.70 bits per heavy atom. The first-order valence-electron chi connectivity index (χ1n) is 7.03. The second-order valence-electron chi connectivity index (χ2n) is 5.37. The Morgan fingerprint density at radius 2 is 2.09 bits per heavy atom. The van der Waals surface area contributed by atoms with Crippen LogP contribution in [0.1, 0.15) is 36.4 Å². The van der Waals surface area contributed by atoms with Crippen LogP contribution in [0.5, 0.6) is 0 Å². The molecule has 1 saturated carbocycles. The average Bonchev–Trinajstić information content (AvgIpc) is 3.26. The van der Waals surface area contributed by atoms with Crippen molar-refractivity contribution in [3.05, 3.63) is 44.4 Å². The second-order valence-corrected chi connectivity index (χ2v) is 6.63. The second kappa shape index (κ2) is 6.60. The number of benzene rings is 1. The van der Waals surface area contributed by atoms with Crippen LogP contribution in [0.4, 0.5) is 0 Å². The summed E-state index contributed by atoms with van der Waals surface area (Å²) in [7, 11) is 0. The third kappa shape index (κ3) is 3.74. The molecule has 2 aromatic rings. The van der Waals surface area contributed by atoms with Gasteiger partial charge in [-0.25, -0.2) is 0 Å². The van der Waals surface area contributed by atoms with E-state index in [1.54, 1.807) is 0 Å². The van der Waals surface area contributed by atoms with Crippen molar-refractivity contribution in [3.63, 3.8) is 0 Å². The van der Waals surface area contributed by atoms with Crippen molar-refractivity contribution >= 4 is 41.3 Å². The van der Waals surface area contributed by atoms with E-state index < -0.39 is 12.0 Å². The standard InChI is InChI=1S/C14H14Cl2N4O2S/c15-8-3-7(4-9(16)5-8)12(21)13(22)17-6-11-18-19-14(23)20(11)10-1-2-10/h3-5,10,12,21H,1-2,6H2,(H,17,22)(H,19,23)/t12-/m1/s1. The van der Waals surface area contributed by atoms with Crippen LogP contribution in [0.25, 0.3) is 0 Å². The van der Waals surface area contributed by atoms with Gasteiger partial charge in [0.2, 0.25) is 0 Å². The lowest BCUT2D eigenvalue weighted by Crippen LogP contribution is -2.30. The maximum absolute atomic E-state index is 12.1. The molecule has 1 atom stereocenters. The quantitative estimate of drug-likeness (QED) is 0.704. The number of carbonyl (C=O) groups excluding carboxylic acids is 1. The van der Waals surface area contributed by atoms with Crippen LogP contribution in [-0.4, -0.2) is 25.8 Å². The summed E-state index contributed by atoms with van der Waals surface area (Å²) in [4.78, 5) is 12.1. The first-order chi connectivity index (χ1) is 11.0. The minimum atomic E-state index is -1.36. The molecule has 23 heavy (non-hydrogen) atoms. The number of aliphatic hydroxyl groups is 1. The Labute approximate surface area is 147 Å². The molecule has 9 heteroatoms. The van der Waals surface area contributed by atoms with Crippen LogP contribution in [-0.2, 0) is 11.3 Å². The van der Waals surface area contributed by atoms with Gasteiger partial charge in [-0.3, -0.25) is 14.5 Å². The molecule has 0 bridgehead atoms. The monoisotopic (exact) mass is 372 g/mol. The fraction of sp³-hybridized carbons (Fsp3) is 0.357. The van der Waals surface area contributed by atoms with Gasteiger partial charge >= 0.3 is 0 Å². The highest BCUT2D eigenvalue weighted by molar-refractivity contribution is 7.71. The highest BCUT2D eigenvalue weighted by atomic mass is 35.5.